The summed E-state index contributed by atoms with van der Waals surface area (Å²) in [6.07, 6.45) is 5.70. The second kappa shape index (κ2) is 8.23. The van der Waals surface area contributed by atoms with Crippen molar-refractivity contribution in [1.82, 2.24) is 29.1 Å². The van der Waals surface area contributed by atoms with Gasteiger partial charge in [0.15, 0.2) is 0 Å². The monoisotopic (exact) mass is 416 g/mol. The summed E-state index contributed by atoms with van der Waals surface area (Å²) in [5, 5.41) is 7.91. The van der Waals surface area contributed by atoms with Gasteiger partial charge in [-0.2, -0.15) is 9.40 Å². The number of piperazine rings is 1. The molecule has 3 aromatic rings. The van der Waals surface area contributed by atoms with Crippen LogP contribution in [0, 0.1) is 0 Å². The number of rotatable bonds is 6. The lowest BCUT2D eigenvalue weighted by atomic mass is 10.2. The van der Waals surface area contributed by atoms with E-state index in [-0.39, 0.29) is 10.5 Å². The minimum atomic E-state index is -3.57. The molecule has 0 N–H and O–H groups in total. The molecular formula is C18H20N6O4S. The molecule has 0 bridgehead atoms. The minimum Gasteiger partial charge on any atom is -0.363 e. The highest BCUT2D eigenvalue weighted by Crippen LogP contribution is 2.17. The van der Waals surface area contributed by atoms with E-state index in [2.05, 4.69) is 24.7 Å². The highest BCUT2D eigenvalue weighted by Gasteiger charge is 2.29. The van der Waals surface area contributed by atoms with Crippen LogP contribution in [0.1, 0.15) is 0 Å². The zero-order valence-corrected chi connectivity index (χ0v) is 16.4. The topological polar surface area (TPSA) is 114 Å². The maximum Gasteiger partial charge on any atom is 0.266 e. The molecule has 0 unspecified atom stereocenters. The zero-order valence-electron chi connectivity index (χ0n) is 15.6. The van der Waals surface area contributed by atoms with Crippen molar-refractivity contribution >= 4 is 10.0 Å². The fourth-order valence-corrected chi connectivity index (χ4v) is 4.47. The molecule has 1 fully saturated rings. The van der Waals surface area contributed by atoms with Crippen LogP contribution in [-0.2, 0) is 16.6 Å². The number of aromatic nitrogens is 4. The number of nitrogens with zero attached hydrogens (tertiary/aromatic N) is 6. The van der Waals surface area contributed by atoms with E-state index in [4.69, 9.17) is 0 Å². The van der Waals surface area contributed by atoms with Crippen molar-refractivity contribution in [2.75, 3.05) is 32.7 Å². The Morgan fingerprint density at radius 2 is 1.76 bits per heavy atom. The van der Waals surface area contributed by atoms with E-state index in [9.17, 15) is 13.2 Å². The lowest BCUT2D eigenvalue weighted by molar-refractivity contribution is 0.180. The summed E-state index contributed by atoms with van der Waals surface area (Å²) < 4.78 is 32.5. The first-order chi connectivity index (χ1) is 14.0. The predicted octanol–water partition coefficient (Wildman–Crippen LogP) is 0.300. The Labute approximate surface area is 167 Å². The van der Waals surface area contributed by atoms with E-state index < -0.39 is 10.0 Å². The summed E-state index contributed by atoms with van der Waals surface area (Å²) in [6.45, 7) is 2.91. The fourth-order valence-electron chi connectivity index (χ4n) is 3.19. The molecule has 0 atom stereocenters. The number of sulfonamides is 1. The Bertz CT molecular complexity index is 1110. The molecular weight excluding hydrogens is 396 g/mol. The van der Waals surface area contributed by atoms with Gasteiger partial charge < -0.3 is 4.52 Å². The Hall–Kier alpha value is -2.89. The Morgan fingerprint density at radius 1 is 1.00 bits per heavy atom. The van der Waals surface area contributed by atoms with Crippen molar-refractivity contribution < 1.29 is 12.9 Å². The first kappa shape index (κ1) is 19.4. The molecule has 0 aliphatic carbocycles. The molecule has 4 heterocycles. The van der Waals surface area contributed by atoms with E-state index in [1.165, 1.54) is 21.3 Å². The summed E-state index contributed by atoms with van der Waals surface area (Å²) in [7, 11) is -3.57. The molecule has 11 heteroatoms. The van der Waals surface area contributed by atoms with Crippen LogP contribution in [0.15, 0.2) is 63.3 Å². The molecule has 4 rings (SSSR count). The van der Waals surface area contributed by atoms with Crippen LogP contribution in [0.3, 0.4) is 0 Å². The number of hydrogen-bond acceptors (Lipinski definition) is 8. The first-order valence-electron chi connectivity index (χ1n) is 9.14. The van der Waals surface area contributed by atoms with E-state index >= 15 is 0 Å². The molecule has 0 spiro atoms. The van der Waals surface area contributed by atoms with E-state index in [1.54, 1.807) is 18.5 Å². The molecule has 3 aromatic heterocycles. The summed E-state index contributed by atoms with van der Waals surface area (Å²) >= 11 is 0. The average molecular weight is 416 g/mol. The standard InChI is InChI=1S/C18H20N6O4S/c25-18-2-1-17(15-3-5-19-6-4-15)21-24(18)12-9-22-7-10-23(11-8-22)29(26,27)16-13-20-28-14-16/h1-6,13-14H,7-12H2. The molecule has 10 nitrogen and oxygen atoms in total. The second-order valence-corrected chi connectivity index (χ2v) is 8.56. The second-order valence-electron chi connectivity index (χ2n) is 6.62. The van der Waals surface area contributed by atoms with Crippen LogP contribution in [0.25, 0.3) is 11.3 Å². The molecule has 152 valence electrons. The van der Waals surface area contributed by atoms with Gasteiger partial charge in [0.2, 0.25) is 10.0 Å². The highest BCUT2D eigenvalue weighted by molar-refractivity contribution is 7.89. The van der Waals surface area contributed by atoms with Crippen LogP contribution >= 0.6 is 0 Å². The van der Waals surface area contributed by atoms with Gasteiger partial charge in [0.25, 0.3) is 5.56 Å². The molecule has 1 aliphatic heterocycles. The summed E-state index contributed by atoms with van der Waals surface area (Å²) in [5.41, 5.74) is 1.43. The maximum absolute atomic E-state index is 12.5. The molecule has 0 radical (unpaired) electrons. The Balaban J connectivity index is 1.37. The molecule has 29 heavy (non-hydrogen) atoms. The van der Waals surface area contributed by atoms with Gasteiger partial charge in [-0.25, -0.2) is 13.1 Å². The molecule has 1 saturated heterocycles. The highest BCUT2D eigenvalue weighted by atomic mass is 32.2. The largest absolute Gasteiger partial charge is 0.363 e. The smallest absolute Gasteiger partial charge is 0.266 e. The minimum absolute atomic E-state index is 0.0645. The quantitative estimate of drug-likeness (QED) is 0.564. The van der Waals surface area contributed by atoms with Gasteiger partial charge in [-0.1, -0.05) is 5.16 Å². The van der Waals surface area contributed by atoms with Crippen molar-refractivity contribution in [1.29, 1.82) is 0 Å². The van der Waals surface area contributed by atoms with Crippen LogP contribution in [-0.4, -0.2) is 70.3 Å². The third-order valence-electron chi connectivity index (χ3n) is 4.85. The summed E-state index contributed by atoms with van der Waals surface area (Å²) in [4.78, 5) is 18.3. The molecule has 1 aliphatic rings. The first-order valence-corrected chi connectivity index (χ1v) is 10.6. The Morgan fingerprint density at radius 3 is 2.45 bits per heavy atom. The van der Waals surface area contributed by atoms with Gasteiger partial charge in [0.05, 0.1) is 18.4 Å². The number of hydrogen-bond donors (Lipinski definition) is 0. The average Bonchev–Trinajstić information content (AvgIpc) is 3.30. The fraction of sp³-hybridized carbons (Fsp3) is 0.333. The number of pyridine rings is 1. The lowest BCUT2D eigenvalue weighted by Crippen LogP contribution is -2.49. The van der Waals surface area contributed by atoms with E-state index in [1.807, 2.05) is 12.1 Å². The molecule has 0 saturated carbocycles. The summed E-state index contributed by atoms with van der Waals surface area (Å²) in [5.74, 6) is 0. The predicted molar refractivity (Wildman–Crippen MR) is 103 cm³/mol. The molecule has 0 aromatic carbocycles. The van der Waals surface area contributed by atoms with Crippen molar-refractivity contribution in [3.8, 4) is 11.3 Å². The normalized spacial score (nSPS) is 16.1. The van der Waals surface area contributed by atoms with Gasteiger partial charge >= 0.3 is 0 Å². The van der Waals surface area contributed by atoms with Gasteiger partial charge in [0, 0.05) is 56.7 Å². The zero-order chi connectivity index (χ0) is 20.3. The van der Waals surface area contributed by atoms with Crippen LogP contribution in [0.2, 0.25) is 0 Å². The van der Waals surface area contributed by atoms with Crippen molar-refractivity contribution in [3.05, 3.63) is 59.5 Å². The van der Waals surface area contributed by atoms with Gasteiger partial charge in [-0.15, -0.1) is 0 Å². The van der Waals surface area contributed by atoms with Crippen molar-refractivity contribution in [3.63, 3.8) is 0 Å². The van der Waals surface area contributed by atoms with Gasteiger partial charge in [-0.3, -0.25) is 14.7 Å². The van der Waals surface area contributed by atoms with Crippen molar-refractivity contribution in [2.24, 2.45) is 0 Å². The summed E-state index contributed by atoms with van der Waals surface area (Å²) in [6, 6.07) is 6.88. The lowest BCUT2D eigenvalue weighted by Gasteiger charge is -2.33. The molecule has 0 amide bonds. The SMILES string of the molecule is O=c1ccc(-c2ccncc2)nn1CCN1CCN(S(=O)(=O)c2cnoc2)CC1. The van der Waals surface area contributed by atoms with Gasteiger partial charge in [0.1, 0.15) is 11.2 Å². The Kier molecular flexibility index (Phi) is 5.51. The third-order valence-corrected chi connectivity index (χ3v) is 6.69. The van der Waals surface area contributed by atoms with Crippen LogP contribution < -0.4 is 5.56 Å². The maximum atomic E-state index is 12.5. The van der Waals surface area contributed by atoms with E-state index in [0.717, 1.165) is 11.8 Å². The van der Waals surface area contributed by atoms with Crippen LogP contribution in [0.4, 0.5) is 0 Å². The van der Waals surface area contributed by atoms with E-state index in [0.29, 0.717) is 45.0 Å². The van der Waals surface area contributed by atoms with Gasteiger partial charge in [-0.05, 0) is 18.2 Å². The third kappa shape index (κ3) is 4.26. The van der Waals surface area contributed by atoms with Crippen molar-refractivity contribution in [2.45, 2.75) is 11.4 Å². The van der Waals surface area contributed by atoms with Crippen LogP contribution in [0.5, 0.6) is 0 Å².